The molecule has 0 amide bonds. The van der Waals surface area contributed by atoms with E-state index in [2.05, 4.69) is 42.1 Å². The first kappa shape index (κ1) is 13.3. The van der Waals surface area contributed by atoms with Gasteiger partial charge in [-0.15, -0.1) is 0 Å². The first-order chi connectivity index (χ1) is 8.85. The molecular formula is C15H25N3. The predicted octanol–water partition coefficient (Wildman–Crippen LogP) is 2.88. The van der Waals surface area contributed by atoms with Crippen LogP contribution in [0.15, 0.2) is 18.3 Å². The molecule has 1 N–H and O–H groups in total. The van der Waals surface area contributed by atoms with Crippen molar-refractivity contribution in [2.75, 3.05) is 13.1 Å². The fourth-order valence-electron chi connectivity index (χ4n) is 2.66. The topological polar surface area (TPSA) is 29.9 Å². The summed E-state index contributed by atoms with van der Waals surface area (Å²) in [5.74, 6) is 1.97. The molecule has 0 bridgehead atoms. The van der Waals surface area contributed by atoms with Crippen LogP contribution in [-0.2, 0) is 13.0 Å². The molecule has 18 heavy (non-hydrogen) atoms. The van der Waals surface area contributed by atoms with Crippen LogP contribution < -0.4 is 5.32 Å². The second-order valence-corrected chi connectivity index (χ2v) is 5.01. The van der Waals surface area contributed by atoms with Gasteiger partial charge in [0.05, 0.1) is 5.69 Å². The number of nitrogens with zero attached hydrogens (tertiary/aromatic N) is 2. The third-order valence-corrected chi connectivity index (χ3v) is 3.71. The summed E-state index contributed by atoms with van der Waals surface area (Å²) in [6, 6.07) is 0. The van der Waals surface area contributed by atoms with Crippen molar-refractivity contribution in [1.82, 2.24) is 14.9 Å². The molecule has 1 aliphatic rings. The summed E-state index contributed by atoms with van der Waals surface area (Å²) in [7, 11) is 0. The molecule has 0 spiro atoms. The lowest BCUT2D eigenvalue weighted by molar-refractivity contribution is 0.432. The monoisotopic (exact) mass is 247 g/mol. The zero-order chi connectivity index (χ0) is 12.8. The Labute approximate surface area is 110 Å². The van der Waals surface area contributed by atoms with Crippen molar-refractivity contribution in [3.8, 4) is 0 Å². The van der Waals surface area contributed by atoms with Gasteiger partial charge in [-0.2, -0.15) is 0 Å². The molecule has 0 aromatic carbocycles. The van der Waals surface area contributed by atoms with Gasteiger partial charge in [0, 0.05) is 18.7 Å². The van der Waals surface area contributed by atoms with Gasteiger partial charge in [0.25, 0.3) is 0 Å². The minimum Gasteiger partial charge on any atom is -0.335 e. The first-order valence-electron chi connectivity index (χ1n) is 7.23. The van der Waals surface area contributed by atoms with E-state index in [0.29, 0.717) is 5.92 Å². The quantitative estimate of drug-likeness (QED) is 0.811. The van der Waals surface area contributed by atoms with Crippen molar-refractivity contribution >= 4 is 0 Å². The zero-order valence-electron chi connectivity index (χ0n) is 11.7. The van der Waals surface area contributed by atoms with Crippen molar-refractivity contribution in [1.29, 1.82) is 0 Å². The van der Waals surface area contributed by atoms with Gasteiger partial charge < -0.3 is 9.88 Å². The van der Waals surface area contributed by atoms with Crippen LogP contribution in [0.5, 0.6) is 0 Å². The van der Waals surface area contributed by atoms with E-state index >= 15 is 0 Å². The second-order valence-electron chi connectivity index (χ2n) is 5.01. The van der Waals surface area contributed by atoms with Crippen molar-refractivity contribution in [2.45, 2.75) is 52.0 Å². The van der Waals surface area contributed by atoms with E-state index < -0.39 is 0 Å². The molecule has 1 saturated heterocycles. The summed E-state index contributed by atoms with van der Waals surface area (Å²) in [4.78, 5) is 4.88. The van der Waals surface area contributed by atoms with Gasteiger partial charge in [-0.05, 0) is 52.6 Å². The van der Waals surface area contributed by atoms with E-state index in [1.807, 2.05) is 0 Å². The number of hydrogen-bond acceptors (Lipinski definition) is 2. The number of rotatable bonds is 5. The Morgan fingerprint density at radius 2 is 2.22 bits per heavy atom. The fourth-order valence-corrected chi connectivity index (χ4v) is 2.66. The smallest absolute Gasteiger partial charge is 0.112 e. The van der Waals surface area contributed by atoms with Crippen molar-refractivity contribution < 1.29 is 0 Å². The van der Waals surface area contributed by atoms with Gasteiger partial charge >= 0.3 is 0 Å². The molecule has 0 radical (unpaired) electrons. The molecule has 2 rings (SSSR count). The summed E-state index contributed by atoms with van der Waals surface area (Å²) < 4.78 is 2.35. The Morgan fingerprint density at radius 3 is 2.89 bits per heavy atom. The molecule has 0 atom stereocenters. The molecule has 3 nitrogen and oxygen atoms in total. The highest BCUT2D eigenvalue weighted by Crippen LogP contribution is 2.25. The first-order valence-corrected chi connectivity index (χ1v) is 7.23. The summed E-state index contributed by atoms with van der Waals surface area (Å²) in [5.41, 5.74) is 1.25. The Morgan fingerprint density at radius 1 is 1.44 bits per heavy atom. The molecular weight excluding hydrogens is 222 g/mol. The van der Waals surface area contributed by atoms with Gasteiger partial charge in [0.15, 0.2) is 0 Å². The van der Waals surface area contributed by atoms with Crippen molar-refractivity contribution in [3.05, 3.63) is 29.9 Å². The number of aromatic nitrogens is 2. The lowest BCUT2D eigenvalue weighted by Gasteiger charge is -2.22. The number of allylic oxidation sites excluding steroid dienone is 2. The third-order valence-electron chi connectivity index (χ3n) is 3.71. The highest BCUT2D eigenvalue weighted by atomic mass is 15.1. The van der Waals surface area contributed by atoms with Crippen LogP contribution in [0, 0.1) is 0 Å². The van der Waals surface area contributed by atoms with Gasteiger partial charge in [-0.25, -0.2) is 4.98 Å². The highest BCUT2D eigenvalue weighted by molar-refractivity contribution is 5.10. The van der Waals surface area contributed by atoms with Crippen LogP contribution in [0.2, 0.25) is 0 Å². The number of piperidine rings is 1. The van der Waals surface area contributed by atoms with Gasteiger partial charge in [0.1, 0.15) is 5.82 Å². The Balaban J connectivity index is 2.07. The Kier molecular flexibility index (Phi) is 5.00. The second kappa shape index (κ2) is 6.74. The van der Waals surface area contributed by atoms with Crippen LogP contribution in [0.3, 0.4) is 0 Å². The molecule has 0 unspecified atom stereocenters. The largest absolute Gasteiger partial charge is 0.335 e. The van der Waals surface area contributed by atoms with Crippen molar-refractivity contribution in [3.63, 3.8) is 0 Å². The predicted molar refractivity (Wildman–Crippen MR) is 75.9 cm³/mol. The average Bonchev–Trinajstić information content (AvgIpc) is 2.83. The molecule has 1 aromatic rings. The lowest BCUT2D eigenvalue weighted by atomic mass is 9.97. The number of hydrogen-bond donors (Lipinski definition) is 1. The minimum absolute atomic E-state index is 0.654. The van der Waals surface area contributed by atoms with Crippen LogP contribution in [0.25, 0.3) is 0 Å². The summed E-state index contributed by atoms with van der Waals surface area (Å²) in [6.45, 7) is 7.59. The maximum atomic E-state index is 4.88. The van der Waals surface area contributed by atoms with Gasteiger partial charge in [-0.1, -0.05) is 12.2 Å². The lowest BCUT2D eigenvalue weighted by Crippen LogP contribution is -2.28. The molecule has 0 aliphatic carbocycles. The van der Waals surface area contributed by atoms with Crippen LogP contribution >= 0.6 is 0 Å². The van der Waals surface area contributed by atoms with E-state index in [-0.39, 0.29) is 0 Å². The molecule has 1 aromatic heterocycles. The van der Waals surface area contributed by atoms with Gasteiger partial charge in [-0.3, -0.25) is 0 Å². The number of nitrogens with one attached hydrogen (secondary N) is 1. The maximum Gasteiger partial charge on any atom is 0.112 e. The summed E-state index contributed by atoms with van der Waals surface area (Å²) >= 11 is 0. The third kappa shape index (κ3) is 3.22. The summed E-state index contributed by atoms with van der Waals surface area (Å²) in [6.07, 6.45) is 11.2. The maximum absolute atomic E-state index is 4.88. The SMILES string of the molecule is C/C=C\CCc1cn(CC)c(C2CCNCC2)n1. The molecule has 1 fully saturated rings. The normalized spacial score (nSPS) is 17.7. The van der Waals surface area contributed by atoms with Crippen molar-refractivity contribution in [2.24, 2.45) is 0 Å². The average molecular weight is 247 g/mol. The molecule has 2 heterocycles. The highest BCUT2D eigenvalue weighted by Gasteiger charge is 2.20. The van der Waals surface area contributed by atoms with Crippen LogP contribution in [-0.4, -0.2) is 22.6 Å². The summed E-state index contributed by atoms with van der Waals surface area (Å²) in [5, 5.41) is 3.42. The molecule has 3 heteroatoms. The fraction of sp³-hybridized carbons (Fsp3) is 0.667. The zero-order valence-corrected chi connectivity index (χ0v) is 11.7. The van der Waals surface area contributed by atoms with Gasteiger partial charge in [0.2, 0.25) is 0 Å². The Bertz CT molecular complexity index is 386. The van der Waals surface area contributed by atoms with E-state index in [1.165, 1.54) is 24.4 Å². The van der Waals surface area contributed by atoms with E-state index in [0.717, 1.165) is 32.5 Å². The molecule has 100 valence electrons. The standard InChI is InChI=1S/C15H25N3/c1-3-5-6-7-14-12-18(4-2)15(17-14)13-8-10-16-11-9-13/h3,5,12-13,16H,4,6-11H2,1-2H3/b5-3-. The molecule has 0 saturated carbocycles. The number of imidazole rings is 1. The molecule has 1 aliphatic heterocycles. The minimum atomic E-state index is 0.654. The Hall–Kier alpha value is -1.09. The van der Waals surface area contributed by atoms with Crippen LogP contribution in [0.1, 0.15) is 50.5 Å². The number of aryl methyl sites for hydroxylation is 2. The van der Waals surface area contributed by atoms with Crippen LogP contribution in [0.4, 0.5) is 0 Å². The van der Waals surface area contributed by atoms with E-state index in [1.54, 1.807) is 0 Å². The van der Waals surface area contributed by atoms with E-state index in [9.17, 15) is 0 Å². The van der Waals surface area contributed by atoms with E-state index in [4.69, 9.17) is 4.98 Å².